The molecule has 1 aromatic carbocycles. The predicted molar refractivity (Wildman–Crippen MR) is 169 cm³/mol. The standard InChI is InChI=1S/C31H39ClN6O5S/c1-44(41,42)24-11-15-38(18-24)31(40)21-8-12-33-28-25(16-21)29(35-19-34-28)36-22-6-7-27(26(32)17-22)43-23-9-13-37(14-10-23)30(39)20-4-2-3-5-20/h6-7,16-17,19-20,23-24H,2-5,8-15,18H2,1H3,(H2,33,34,35,36)/p+1. The number of benzene rings is 1. The fourth-order valence-electron chi connectivity index (χ4n) is 6.63. The molecule has 2 saturated heterocycles. The zero-order valence-electron chi connectivity index (χ0n) is 25.0. The molecule has 3 N–H and O–H groups in total. The number of sulfone groups is 1. The summed E-state index contributed by atoms with van der Waals surface area (Å²) in [6, 6.07) is 5.50. The molecule has 0 radical (unpaired) electrons. The van der Waals surface area contributed by atoms with Gasteiger partial charge in [0, 0.05) is 68.9 Å². The number of rotatable bonds is 7. The van der Waals surface area contributed by atoms with Gasteiger partial charge in [-0.15, -0.1) is 0 Å². The molecule has 3 fully saturated rings. The van der Waals surface area contributed by atoms with Crippen molar-refractivity contribution in [1.82, 2.24) is 14.8 Å². The summed E-state index contributed by atoms with van der Waals surface area (Å²) in [5.41, 5.74) is 2.00. The highest BCUT2D eigenvalue weighted by Crippen LogP contribution is 2.34. The number of anilines is 3. The molecule has 1 unspecified atom stereocenters. The Kier molecular flexibility index (Phi) is 9.00. The lowest BCUT2D eigenvalue weighted by Gasteiger charge is -2.33. The third kappa shape index (κ3) is 6.81. The number of carbonyl (C=O) groups excluding carboxylic acids is 2. The largest absolute Gasteiger partial charge is 0.489 e. The number of amides is 2. The van der Waals surface area contributed by atoms with Gasteiger partial charge in [-0.1, -0.05) is 29.4 Å². The van der Waals surface area contributed by atoms with E-state index in [4.69, 9.17) is 16.3 Å². The minimum Gasteiger partial charge on any atom is -0.489 e. The zero-order valence-corrected chi connectivity index (χ0v) is 26.6. The molecule has 1 aromatic heterocycles. The number of hydrogen-bond donors (Lipinski definition) is 2. The van der Waals surface area contributed by atoms with Crippen molar-refractivity contribution >= 4 is 56.7 Å². The van der Waals surface area contributed by atoms with Crippen LogP contribution in [-0.4, -0.2) is 85.3 Å². The Morgan fingerprint density at radius 1 is 1.09 bits per heavy atom. The van der Waals surface area contributed by atoms with Crippen molar-refractivity contribution in [3.05, 3.63) is 40.7 Å². The van der Waals surface area contributed by atoms with Gasteiger partial charge in [0.2, 0.25) is 29.8 Å². The van der Waals surface area contributed by atoms with Crippen LogP contribution >= 0.6 is 11.6 Å². The van der Waals surface area contributed by atoms with Crippen LogP contribution in [-0.2, 0) is 19.4 Å². The molecule has 1 atom stereocenters. The van der Waals surface area contributed by atoms with E-state index in [1.54, 1.807) is 17.3 Å². The van der Waals surface area contributed by atoms with Crippen LogP contribution in [0.2, 0.25) is 5.02 Å². The second kappa shape index (κ2) is 12.9. The van der Waals surface area contributed by atoms with Crippen molar-refractivity contribution in [3.63, 3.8) is 0 Å². The van der Waals surface area contributed by atoms with Crippen LogP contribution in [0.25, 0.3) is 6.08 Å². The number of aromatic nitrogens is 2. The number of halogens is 1. The maximum atomic E-state index is 13.4. The Balaban J connectivity index is 1.11. The van der Waals surface area contributed by atoms with Crippen LogP contribution < -0.4 is 20.4 Å². The van der Waals surface area contributed by atoms with Crippen LogP contribution in [0.1, 0.15) is 56.9 Å². The maximum Gasteiger partial charge on any atom is 0.249 e. The number of piperidine rings is 1. The molecule has 236 valence electrons. The van der Waals surface area contributed by atoms with Gasteiger partial charge in [-0.25, -0.2) is 13.4 Å². The fourth-order valence-corrected chi connectivity index (χ4v) is 7.84. The van der Waals surface area contributed by atoms with Gasteiger partial charge in [0.1, 0.15) is 17.4 Å². The molecule has 4 aliphatic rings. The van der Waals surface area contributed by atoms with Crippen LogP contribution in [0.15, 0.2) is 30.1 Å². The molecule has 0 spiro atoms. The van der Waals surface area contributed by atoms with E-state index >= 15 is 0 Å². The number of likely N-dealkylation sites (tertiary alicyclic amines) is 2. The second-order valence-corrected chi connectivity index (χ2v) is 15.0. The van der Waals surface area contributed by atoms with Crippen molar-refractivity contribution in [2.75, 3.05) is 49.6 Å². The Bertz CT molecular complexity index is 1550. The highest BCUT2D eigenvalue weighted by Gasteiger charge is 2.35. The third-order valence-electron chi connectivity index (χ3n) is 9.20. The Morgan fingerprint density at radius 2 is 1.84 bits per heavy atom. The maximum absolute atomic E-state index is 13.4. The van der Waals surface area contributed by atoms with Crippen LogP contribution in [0, 0.1) is 5.92 Å². The van der Waals surface area contributed by atoms with Gasteiger partial charge in [0.05, 0.1) is 16.8 Å². The van der Waals surface area contributed by atoms with Crippen molar-refractivity contribution in [2.24, 2.45) is 5.92 Å². The second-order valence-electron chi connectivity index (χ2n) is 12.3. The number of H-pyrrole nitrogens is 1. The summed E-state index contributed by atoms with van der Waals surface area (Å²) >= 11 is 6.66. The number of carbonyl (C=O) groups is 2. The summed E-state index contributed by atoms with van der Waals surface area (Å²) in [6.45, 7) is 2.59. The number of nitrogens with one attached hydrogen (secondary N) is 3. The molecule has 6 rings (SSSR count). The lowest BCUT2D eigenvalue weighted by atomic mass is 10.0. The van der Waals surface area contributed by atoms with Crippen LogP contribution in [0.3, 0.4) is 0 Å². The molecule has 2 aromatic rings. The van der Waals surface area contributed by atoms with Gasteiger partial charge in [-0.3, -0.25) is 9.59 Å². The van der Waals surface area contributed by atoms with E-state index in [1.165, 1.54) is 6.26 Å². The summed E-state index contributed by atoms with van der Waals surface area (Å²) < 4.78 is 30.3. The molecule has 2 amide bonds. The third-order valence-corrected chi connectivity index (χ3v) is 11.1. The van der Waals surface area contributed by atoms with Gasteiger partial charge in [-0.05, 0) is 43.5 Å². The Morgan fingerprint density at radius 3 is 2.55 bits per heavy atom. The summed E-state index contributed by atoms with van der Waals surface area (Å²) in [5, 5.41) is 6.60. The average Bonchev–Trinajstić information content (AvgIpc) is 3.68. The molecule has 4 heterocycles. The molecular formula is C31H40ClN6O5S+. The van der Waals surface area contributed by atoms with E-state index in [9.17, 15) is 18.0 Å². The molecule has 44 heavy (non-hydrogen) atoms. The van der Waals surface area contributed by atoms with Crippen molar-refractivity contribution in [2.45, 2.75) is 62.7 Å². The normalized spacial score (nSPS) is 21.3. The van der Waals surface area contributed by atoms with Crippen molar-refractivity contribution in [3.8, 4) is 5.75 Å². The summed E-state index contributed by atoms with van der Waals surface area (Å²) in [7, 11) is -3.21. The van der Waals surface area contributed by atoms with Gasteiger partial charge in [-0.2, -0.15) is 0 Å². The van der Waals surface area contributed by atoms with Gasteiger partial charge < -0.3 is 25.2 Å². The molecular weight excluding hydrogens is 604 g/mol. The molecule has 1 aliphatic carbocycles. The van der Waals surface area contributed by atoms with Crippen molar-refractivity contribution in [1.29, 1.82) is 0 Å². The van der Waals surface area contributed by atoms with Crippen molar-refractivity contribution < 1.29 is 27.7 Å². The minimum absolute atomic E-state index is 0.00322. The highest BCUT2D eigenvalue weighted by molar-refractivity contribution is 7.91. The van der Waals surface area contributed by atoms with E-state index in [1.807, 2.05) is 23.1 Å². The van der Waals surface area contributed by atoms with Gasteiger partial charge in [0.15, 0.2) is 9.84 Å². The Labute approximate surface area is 263 Å². The molecule has 3 aliphatic heterocycles. The van der Waals surface area contributed by atoms with E-state index in [2.05, 4.69) is 20.6 Å². The molecule has 1 saturated carbocycles. The van der Waals surface area contributed by atoms with Crippen LogP contribution in [0.5, 0.6) is 5.75 Å². The minimum atomic E-state index is -3.21. The number of nitrogens with zero attached hydrogens (tertiary/aromatic N) is 3. The zero-order chi connectivity index (χ0) is 30.8. The molecule has 0 bridgehead atoms. The predicted octanol–water partition coefficient (Wildman–Crippen LogP) is 3.70. The number of hydrogen-bond acceptors (Lipinski definition) is 8. The first-order valence-corrected chi connectivity index (χ1v) is 17.8. The van der Waals surface area contributed by atoms with E-state index in [0.29, 0.717) is 78.3 Å². The summed E-state index contributed by atoms with van der Waals surface area (Å²) in [4.78, 5) is 37.4. The van der Waals surface area contributed by atoms with Gasteiger partial charge in [0.25, 0.3) is 0 Å². The molecule has 11 nitrogen and oxygen atoms in total. The Hall–Kier alpha value is -3.38. The highest BCUT2D eigenvalue weighted by atomic mass is 35.5. The first kappa shape index (κ1) is 30.6. The summed E-state index contributed by atoms with van der Waals surface area (Å²) in [5.74, 6) is 2.21. The monoisotopic (exact) mass is 643 g/mol. The smallest absolute Gasteiger partial charge is 0.249 e. The average molecular weight is 644 g/mol. The van der Waals surface area contributed by atoms with E-state index in [0.717, 1.165) is 44.3 Å². The SMILES string of the molecule is CS(=O)(=O)C1CCN(C(=O)C2=Cc3c(Nc4ccc(OC5CCN(C(=O)C6CCCC6)CC5)c(Cl)c4)nc[nH+]c3NCC2)C1. The first-order valence-electron chi connectivity index (χ1n) is 15.5. The van der Waals surface area contributed by atoms with E-state index in [-0.39, 0.29) is 24.5 Å². The fraction of sp³-hybridized carbons (Fsp3) is 0.548. The lowest BCUT2D eigenvalue weighted by Crippen LogP contribution is -2.44. The first-order chi connectivity index (χ1) is 21.2. The topological polar surface area (TPSA) is 135 Å². The van der Waals surface area contributed by atoms with Gasteiger partial charge >= 0.3 is 0 Å². The quantitative estimate of drug-likeness (QED) is 0.467. The molecule has 13 heteroatoms. The number of fused-ring (bicyclic) bond motifs is 1. The van der Waals surface area contributed by atoms with E-state index < -0.39 is 15.1 Å². The summed E-state index contributed by atoms with van der Waals surface area (Å²) in [6.07, 6.45) is 11.5. The number of aromatic amines is 1. The van der Waals surface area contributed by atoms with Crippen LogP contribution in [0.4, 0.5) is 17.3 Å². The lowest BCUT2D eigenvalue weighted by molar-refractivity contribution is -0.365. The number of ether oxygens (including phenoxy) is 1.